The molecule has 150 valence electrons. The predicted octanol–water partition coefficient (Wildman–Crippen LogP) is 4.65. The molecule has 2 aromatic rings. The summed E-state index contributed by atoms with van der Waals surface area (Å²) in [5, 5.41) is 6.11. The van der Waals surface area contributed by atoms with Gasteiger partial charge in [0.1, 0.15) is 11.5 Å². The van der Waals surface area contributed by atoms with Gasteiger partial charge in [-0.3, -0.25) is 9.59 Å². The topological polar surface area (TPSA) is 76.7 Å². The summed E-state index contributed by atoms with van der Waals surface area (Å²) in [7, 11) is 3.14. The highest BCUT2D eigenvalue weighted by Crippen LogP contribution is 2.28. The van der Waals surface area contributed by atoms with E-state index in [1.54, 1.807) is 68.8 Å². The molecule has 0 saturated heterocycles. The maximum atomic E-state index is 12.7. The Morgan fingerprint density at radius 1 is 1.00 bits per heavy atom. The van der Waals surface area contributed by atoms with Crippen molar-refractivity contribution in [2.45, 2.75) is 6.42 Å². The van der Waals surface area contributed by atoms with Crippen LogP contribution in [-0.2, 0) is 9.53 Å². The molecule has 6 nitrogen and oxygen atoms in total. The van der Waals surface area contributed by atoms with E-state index in [4.69, 9.17) is 21.1 Å². The van der Waals surface area contributed by atoms with Crippen molar-refractivity contribution in [2.75, 3.05) is 24.9 Å². The lowest BCUT2D eigenvalue weighted by atomic mass is 9.99. The molecule has 2 aromatic carbocycles. The van der Waals surface area contributed by atoms with Gasteiger partial charge in [0.15, 0.2) is 0 Å². The number of benzene rings is 2. The number of rotatable bonds is 6. The van der Waals surface area contributed by atoms with Crippen molar-refractivity contribution >= 4 is 34.8 Å². The average molecular weight is 413 g/mol. The molecule has 0 radical (unpaired) electrons. The van der Waals surface area contributed by atoms with Gasteiger partial charge in [-0.2, -0.15) is 0 Å². The molecular formula is C22H21ClN2O4. The Morgan fingerprint density at radius 3 is 2.38 bits per heavy atom. The largest absolute Gasteiger partial charge is 0.497 e. The molecular weight excluding hydrogens is 392 g/mol. The molecule has 0 aromatic heterocycles. The fourth-order valence-corrected chi connectivity index (χ4v) is 3.01. The van der Waals surface area contributed by atoms with Gasteiger partial charge in [-0.25, -0.2) is 0 Å². The normalized spacial score (nSPS) is 15.3. The molecule has 0 heterocycles. The van der Waals surface area contributed by atoms with Crippen molar-refractivity contribution in [2.24, 2.45) is 5.92 Å². The van der Waals surface area contributed by atoms with Crippen LogP contribution in [0.1, 0.15) is 16.8 Å². The molecule has 0 bridgehead atoms. The number of carbonyl (C=O) groups excluding carboxylic acids is 2. The molecule has 2 N–H and O–H groups in total. The van der Waals surface area contributed by atoms with Gasteiger partial charge < -0.3 is 20.1 Å². The quantitative estimate of drug-likeness (QED) is 0.724. The third kappa shape index (κ3) is 5.18. The lowest BCUT2D eigenvalue weighted by Gasteiger charge is -2.18. The van der Waals surface area contributed by atoms with E-state index >= 15 is 0 Å². The number of carbonyl (C=O) groups is 2. The highest BCUT2D eigenvalue weighted by molar-refractivity contribution is 6.31. The highest BCUT2D eigenvalue weighted by Gasteiger charge is 2.19. The third-order valence-electron chi connectivity index (χ3n) is 4.48. The van der Waals surface area contributed by atoms with E-state index in [1.807, 2.05) is 6.08 Å². The van der Waals surface area contributed by atoms with E-state index in [2.05, 4.69) is 10.6 Å². The van der Waals surface area contributed by atoms with Crippen molar-refractivity contribution in [3.05, 3.63) is 77.0 Å². The number of methoxy groups -OCH3 is 2. The molecule has 1 aliphatic carbocycles. The molecule has 1 atom stereocenters. The molecule has 1 aliphatic rings. The van der Waals surface area contributed by atoms with E-state index in [9.17, 15) is 9.59 Å². The Labute approximate surface area is 174 Å². The first-order chi connectivity index (χ1) is 14.0. The first-order valence-electron chi connectivity index (χ1n) is 8.98. The van der Waals surface area contributed by atoms with Crippen LogP contribution in [0.25, 0.3) is 0 Å². The average Bonchev–Trinajstić information content (AvgIpc) is 2.75. The first-order valence-corrected chi connectivity index (χ1v) is 9.36. The standard InChI is InChI=1S/C22H21ClN2O4/c1-28-17-8-3-14(4-9-17)21(26)24-19-12-7-16(23)13-20(19)25-22(27)15-5-10-18(29-2)11-6-15/h3-5,7-13,15H,6H2,1-2H3,(H,24,26)(H,25,27). The number of hydrogen-bond donors (Lipinski definition) is 2. The van der Waals surface area contributed by atoms with Crippen LogP contribution in [0.5, 0.6) is 5.75 Å². The number of anilines is 2. The fraction of sp³-hybridized carbons (Fsp3) is 0.182. The van der Waals surface area contributed by atoms with Crippen LogP contribution < -0.4 is 15.4 Å². The molecule has 0 aliphatic heterocycles. The summed E-state index contributed by atoms with van der Waals surface area (Å²) in [6, 6.07) is 11.6. The number of allylic oxidation sites excluding steroid dienone is 2. The highest BCUT2D eigenvalue weighted by atomic mass is 35.5. The van der Waals surface area contributed by atoms with E-state index in [1.165, 1.54) is 0 Å². The van der Waals surface area contributed by atoms with Gasteiger partial charge in [0, 0.05) is 10.6 Å². The fourth-order valence-electron chi connectivity index (χ4n) is 2.84. The summed E-state index contributed by atoms with van der Waals surface area (Å²) >= 11 is 6.09. The molecule has 1 unspecified atom stereocenters. The van der Waals surface area contributed by atoms with Crippen molar-refractivity contribution in [3.63, 3.8) is 0 Å². The van der Waals surface area contributed by atoms with Crippen molar-refractivity contribution in [3.8, 4) is 5.75 Å². The second-order valence-corrected chi connectivity index (χ2v) is 6.81. The summed E-state index contributed by atoms with van der Waals surface area (Å²) in [5.41, 5.74) is 1.35. The van der Waals surface area contributed by atoms with Crippen molar-refractivity contribution in [1.82, 2.24) is 0 Å². The van der Waals surface area contributed by atoms with Crippen LogP contribution >= 0.6 is 11.6 Å². The van der Waals surface area contributed by atoms with E-state index in [0.717, 1.165) is 5.76 Å². The van der Waals surface area contributed by atoms with E-state index < -0.39 is 0 Å². The van der Waals surface area contributed by atoms with Gasteiger partial charge in [0.2, 0.25) is 5.91 Å². The number of ether oxygens (including phenoxy) is 2. The van der Waals surface area contributed by atoms with Crippen molar-refractivity contribution in [1.29, 1.82) is 0 Å². The minimum Gasteiger partial charge on any atom is -0.497 e. The lowest BCUT2D eigenvalue weighted by molar-refractivity contribution is -0.118. The maximum absolute atomic E-state index is 12.7. The lowest BCUT2D eigenvalue weighted by Crippen LogP contribution is -2.23. The monoisotopic (exact) mass is 412 g/mol. The summed E-state index contributed by atoms with van der Waals surface area (Å²) in [5.74, 6) is 0.542. The van der Waals surface area contributed by atoms with Gasteiger partial charge >= 0.3 is 0 Å². The van der Waals surface area contributed by atoms with Crippen LogP contribution in [0.3, 0.4) is 0 Å². The second-order valence-electron chi connectivity index (χ2n) is 6.37. The Morgan fingerprint density at radius 2 is 1.76 bits per heavy atom. The Kier molecular flexibility index (Phi) is 6.57. The Bertz CT molecular complexity index is 967. The van der Waals surface area contributed by atoms with Crippen LogP contribution in [-0.4, -0.2) is 26.0 Å². The molecule has 7 heteroatoms. The zero-order valence-corrected chi connectivity index (χ0v) is 16.8. The molecule has 0 spiro atoms. The summed E-state index contributed by atoms with van der Waals surface area (Å²) < 4.78 is 10.2. The summed E-state index contributed by atoms with van der Waals surface area (Å²) in [6.45, 7) is 0. The molecule has 29 heavy (non-hydrogen) atoms. The maximum Gasteiger partial charge on any atom is 0.255 e. The van der Waals surface area contributed by atoms with Crippen molar-refractivity contribution < 1.29 is 19.1 Å². The Hall–Kier alpha value is -3.25. The first kappa shape index (κ1) is 20.5. The summed E-state index contributed by atoms with van der Waals surface area (Å²) in [6.07, 6.45) is 5.93. The number of halogens is 1. The van der Waals surface area contributed by atoms with E-state index in [-0.39, 0.29) is 17.7 Å². The second kappa shape index (κ2) is 9.30. The van der Waals surface area contributed by atoms with Gasteiger partial charge in [0.05, 0.1) is 31.5 Å². The molecule has 2 amide bonds. The van der Waals surface area contributed by atoms with Crippen LogP contribution in [0.2, 0.25) is 5.02 Å². The van der Waals surface area contributed by atoms with Gasteiger partial charge in [0.25, 0.3) is 5.91 Å². The predicted molar refractivity (Wildman–Crippen MR) is 113 cm³/mol. The van der Waals surface area contributed by atoms with Crippen LogP contribution in [0.4, 0.5) is 11.4 Å². The molecule has 0 saturated carbocycles. The van der Waals surface area contributed by atoms with E-state index in [0.29, 0.717) is 34.1 Å². The van der Waals surface area contributed by atoms with Crippen LogP contribution in [0, 0.1) is 5.92 Å². The van der Waals surface area contributed by atoms with Crippen LogP contribution in [0.15, 0.2) is 66.5 Å². The Balaban J connectivity index is 1.73. The third-order valence-corrected chi connectivity index (χ3v) is 4.71. The minimum atomic E-state index is -0.335. The summed E-state index contributed by atoms with van der Waals surface area (Å²) in [4.78, 5) is 25.2. The minimum absolute atomic E-state index is 0.199. The molecule has 0 fully saturated rings. The smallest absolute Gasteiger partial charge is 0.255 e. The zero-order valence-electron chi connectivity index (χ0n) is 16.1. The number of amides is 2. The van der Waals surface area contributed by atoms with Gasteiger partial charge in [-0.1, -0.05) is 17.7 Å². The van der Waals surface area contributed by atoms with Gasteiger partial charge in [-0.05, 0) is 61.0 Å². The number of nitrogens with one attached hydrogen (secondary N) is 2. The van der Waals surface area contributed by atoms with Gasteiger partial charge in [-0.15, -0.1) is 0 Å². The SMILES string of the molecule is COC1=CCC(C(=O)Nc2cc(Cl)ccc2NC(=O)c2ccc(OC)cc2)C=C1. The molecule has 3 rings (SSSR count). The zero-order chi connectivity index (χ0) is 20.8. The number of hydrogen-bond acceptors (Lipinski definition) is 4.